The molecule has 17 heavy (non-hydrogen) atoms. The lowest BCUT2D eigenvalue weighted by Gasteiger charge is -2.23. The van der Waals surface area contributed by atoms with Crippen LogP contribution in [0.3, 0.4) is 0 Å². The van der Waals surface area contributed by atoms with Crippen molar-refractivity contribution < 1.29 is 19.1 Å². The van der Waals surface area contributed by atoms with Crippen LogP contribution in [0.2, 0.25) is 0 Å². The second-order valence-corrected chi connectivity index (χ2v) is 4.08. The molecule has 1 rings (SSSR count). The van der Waals surface area contributed by atoms with E-state index in [9.17, 15) is 9.59 Å². The normalized spacial score (nSPS) is 17.9. The number of esters is 2. The van der Waals surface area contributed by atoms with Gasteiger partial charge >= 0.3 is 11.9 Å². The molecule has 0 aliphatic heterocycles. The molecule has 0 heterocycles. The van der Waals surface area contributed by atoms with Gasteiger partial charge in [-0.3, -0.25) is 9.59 Å². The van der Waals surface area contributed by atoms with Gasteiger partial charge in [-0.25, -0.2) is 0 Å². The summed E-state index contributed by atoms with van der Waals surface area (Å²) in [5.74, 6) is -1.04. The molecule has 0 bridgehead atoms. The van der Waals surface area contributed by atoms with E-state index in [2.05, 4.69) is 0 Å². The van der Waals surface area contributed by atoms with E-state index >= 15 is 0 Å². The van der Waals surface area contributed by atoms with Crippen molar-refractivity contribution in [1.82, 2.24) is 0 Å². The first-order chi connectivity index (χ1) is 8.10. The molecule has 0 N–H and O–H groups in total. The number of methoxy groups -OCH3 is 2. The number of allylic oxidation sites excluding steroid dienone is 4. The minimum Gasteiger partial charge on any atom is -0.468 e. The van der Waals surface area contributed by atoms with Crippen LogP contribution in [0.5, 0.6) is 0 Å². The van der Waals surface area contributed by atoms with Crippen LogP contribution in [-0.4, -0.2) is 26.2 Å². The summed E-state index contributed by atoms with van der Waals surface area (Å²) in [6.45, 7) is 1.93. The fraction of sp³-hybridized carbons (Fsp3) is 0.538. The molecule has 4 heteroatoms. The molecule has 94 valence electrons. The molecule has 0 amide bonds. The molecule has 0 aromatic heterocycles. The smallest absolute Gasteiger partial charge is 0.323 e. The summed E-state index contributed by atoms with van der Waals surface area (Å²) in [6, 6.07) is 0. The predicted molar refractivity (Wildman–Crippen MR) is 63.2 cm³/mol. The van der Waals surface area contributed by atoms with Crippen LogP contribution in [-0.2, 0) is 19.1 Å². The van der Waals surface area contributed by atoms with Gasteiger partial charge in [0.25, 0.3) is 0 Å². The van der Waals surface area contributed by atoms with Crippen LogP contribution in [0, 0.1) is 5.41 Å². The number of hydrogen-bond donors (Lipinski definition) is 0. The van der Waals surface area contributed by atoms with Crippen molar-refractivity contribution in [1.29, 1.82) is 0 Å². The number of ether oxygens (including phenoxy) is 2. The molecule has 0 saturated carbocycles. The molecule has 0 saturated heterocycles. The topological polar surface area (TPSA) is 52.6 Å². The fourth-order valence-electron chi connectivity index (χ4n) is 2.06. The van der Waals surface area contributed by atoms with Crippen molar-refractivity contribution in [3.63, 3.8) is 0 Å². The lowest BCUT2D eigenvalue weighted by molar-refractivity contribution is -0.168. The minimum absolute atomic E-state index is 0.360. The van der Waals surface area contributed by atoms with Crippen molar-refractivity contribution in [3.8, 4) is 0 Å². The molecule has 1 aliphatic carbocycles. The van der Waals surface area contributed by atoms with E-state index in [0.717, 1.165) is 12.0 Å². The maximum atomic E-state index is 11.8. The van der Waals surface area contributed by atoms with E-state index in [1.165, 1.54) is 14.2 Å². The molecule has 4 nitrogen and oxygen atoms in total. The molecular weight excluding hydrogens is 220 g/mol. The van der Waals surface area contributed by atoms with Gasteiger partial charge in [0.15, 0.2) is 5.41 Å². The zero-order valence-corrected chi connectivity index (χ0v) is 10.5. The van der Waals surface area contributed by atoms with Crippen molar-refractivity contribution in [3.05, 3.63) is 23.8 Å². The van der Waals surface area contributed by atoms with E-state index in [-0.39, 0.29) is 0 Å². The monoisotopic (exact) mass is 238 g/mol. The highest BCUT2D eigenvalue weighted by Gasteiger charge is 2.50. The third-order valence-corrected chi connectivity index (χ3v) is 3.04. The second-order valence-electron chi connectivity index (χ2n) is 4.08. The van der Waals surface area contributed by atoms with E-state index < -0.39 is 17.4 Å². The average molecular weight is 238 g/mol. The summed E-state index contributed by atoms with van der Waals surface area (Å²) in [6.07, 6.45) is 7.36. The molecule has 0 radical (unpaired) electrons. The van der Waals surface area contributed by atoms with Crippen LogP contribution in [0.1, 0.15) is 26.2 Å². The Balaban J connectivity index is 2.85. The molecule has 0 aromatic rings. The number of rotatable bonds is 4. The Hall–Kier alpha value is -1.58. The van der Waals surface area contributed by atoms with E-state index in [1.807, 2.05) is 25.2 Å². The Morgan fingerprint density at radius 3 is 2.41 bits per heavy atom. The van der Waals surface area contributed by atoms with Crippen LogP contribution in [0.25, 0.3) is 0 Å². The SMILES string of the molecule is C/C=C\CC1=CCC(C(=O)OC)(C(=O)OC)C1. The first kappa shape index (κ1) is 13.5. The van der Waals surface area contributed by atoms with Gasteiger partial charge in [0.05, 0.1) is 14.2 Å². The summed E-state index contributed by atoms with van der Waals surface area (Å²) in [5.41, 5.74) is -0.0978. The summed E-state index contributed by atoms with van der Waals surface area (Å²) in [5, 5.41) is 0. The lowest BCUT2D eigenvalue weighted by atomic mass is 9.84. The fourth-order valence-corrected chi connectivity index (χ4v) is 2.06. The third-order valence-electron chi connectivity index (χ3n) is 3.04. The van der Waals surface area contributed by atoms with Crippen LogP contribution < -0.4 is 0 Å². The molecule has 0 unspecified atom stereocenters. The van der Waals surface area contributed by atoms with E-state index in [1.54, 1.807) is 0 Å². The van der Waals surface area contributed by atoms with Crippen molar-refractivity contribution in [2.45, 2.75) is 26.2 Å². The number of carbonyl (C=O) groups excluding carboxylic acids is 2. The van der Waals surface area contributed by atoms with E-state index in [0.29, 0.717) is 12.8 Å². The molecule has 1 aliphatic rings. The van der Waals surface area contributed by atoms with Gasteiger partial charge < -0.3 is 9.47 Å². The quantitative estimate of drug-likeness (QED) is 0.427. The lowest BCUT2D eigenvalue weighted by Crippen LogP contribution is -2.39. The van der Waals surface area contributed by atoms with Gasteiger partial charge in [-0.1, -0.05) is 23.8 Å². The molecule has 0 atom stereocenters. The molecular formula is C13H18O4. The first-order valence-corrected chi connectivity index (χ1v) is 5.56. The largest absolute Gasteiger partial charge is 0.468 e. The van der Waals surface area contributed by atoms with Gasteiger partial charge in [0, 0.05) is 0 Å². The average Bonchev–Trinajstić information content (AvgIpc) is 2.79. The van der Waals surface area contributed by atoms with Gasteiger partial charge in [-0.05, 0) is 26.2 Å². The van der Waals surface area contributed by atoms with Gasteiger partial charge in [-0.2, -0.15) is 0 Å². The van der Waals surface area contributed by atoms with Gasteiger partial charge in [-0.15, -0.1) is 0 Å². The van der Waals surface area contributed by atoms with Crippen molar-refractivity contribution >= 4 is 11.9 Å². The highest BCUT2D eigenvalue weighted by molar-refractivity contribution is 6.01. The standard InChI is InChI=1S/C13H18O4/c1-4-5-6-10-7-8-13(9-10,11(14)16-2)12(15)17-3/h4-5,7H,6,8-9H2,1-3H3/b5-4-. The highest BCUT2D eigenvalue weighted by Crippen LogP contribution is 2.41. The maximum absolute atomic E-state index is 11.8. The zero-order chi connectivity index (χ0) is 12.9. The van der Waals surface area contributed by atoms with Gasteiger partial charge in [0.1, 0.15) is 0 Å². The van der Waals surface area contributed by atoms with Crippen molar-refractivity contribution in [2.75, 3.05) is 14.2 Å². The molecule has 0 spiro atoms. The van der Waals surface area contributed by atoms with Crippen LogP contribution >= 0.6 is 0 Å². The first-order valence-electron chi connectivity index (χ1n) is 5.56. The second kappa shape index (κ2) is 5.66. The minimum atomic E-state index is -1.17. The predicted octanol–water partition coefficient (Wildman–Crippen LogP) is 2.01. The van der Waals surface area contributed by atoms with E-state index in [4.69, 9.17) is 9.47 Å². The summed E-state index contributed by atoms with van der Waals surface area (Å²) >= 11 is 0. The van der Waals surface area contributed by atoms with Crippen LogP contribution in [0.4, 0.5) is 0 Å². The number of carbonyl (C=O) groups is 2. The summed E-state index contributed by atoms with van der Waals surface area (Å²) in [7, 11) is 2.58. The van der Waals surface area contributed by atoms with Gasteiger partial charge in [0.2, 0.25) is 0 Å². The molecule has 0 aromatic carbocycles. The number of hydrogen-bond acceptors (Lipinski definition) is 4. The highest BCUT2D eigenvalue weighted by atomic mass is 16.5. The Bertz CT molecular complexity index is 350. The maximum Gasteiger partial charge on any atom is 0.323 e. The summed E-state index contributed by atoms with van der Waals surface area (Å²) < 4.78 is 9.44. The van der Waals surface area contributed by atoms with Crippen molar-refractivity contribution in [2.24, 2.45) is 5.41 Å². The zero-order valence-electron chi connectivity index (χ0n) is 10.5. The Morgan fingerprint density at radius 1 is 1.35 bits per heavy atom. The Morgan fingerprint density at radius 2 is 1.94 bits per heavy atom. The Kier molecular flexibility index (Phi) is 4.49. The van der Waals surface area contributed by atoms with Crippen LogP contribution in [0.15, 0.2) is 23.8 Å². The third kappa shape index (κ3) is 2.57. The Labute approximate surface area is 101 Å². The molecule has 0 fully saturated rings. The summed E-state index contributed by atoms with van der Waals surface area (Å²) in [4.78, 5) is 23.6.